The average molecular weight is 631 g/mol. The largest absolute Gasteiger partial charge is 0.497 e. The normalized spacial score (nSPS) is 24.7. The predicted molar refractivity (Wildman–Crippen MR) is 184 cm³/mol. The number of aliphatic imine (C=N–C) groups is 1. The first-order valence-electron chi connectivity index (χ1n) is 17.3. The number of piperazine rings is 1. The zero-order valence-electron chi connectivity index (χ0n) is 28.4. The maximum atomic E-state index is 14.5. The summed E-state index contributed by atoms with van der Waals surface area (Å²) in [5.41, 5.74) is 2.34. The fourth-order valence-electron chi connectivity index (χ4n) is 8.37. The zero-order valence-corrected chi connectivity index (χ0v) is 28.4. The van der Waals surface area contributed by atoms with Gasteiger partial charge in [0.2, 0.25) is 0 Å². The molecular formula is C37H51FN6O2. The van der Waals surface area contributed by atoms with Crippen LogP contribution in [0.1, 0.15) is 65.9 Å². The minimum absolute atomic E-state index is 0.130. The summed E-state index contributed by atoms with van der Waals surface area (Å²) < 4.78 is 21.1. The summed E-state index contributed by atoms with van der Waals surface area (Å²) in [5, 5.41) is 4.23. The smallest absolute Gasteiger partial charge is 0.261 e. The molecule has 1 N–H and O–H groups in total. The summed E-state index contributed by atoms with van der Waals surface area (Å²) in [4.78, 5) is 28.5. The summed E-state index contributed by atoms with van der Waals surface area (Å²) in [5.74, 6) is 3.08. The molecule has 2 bridgehead atoms. The van der Waals surface area contributed by atoms with E-state index >= 15 is 0 Å². The Morgan fingerprint density at radius 3 is 2.52 bits per heavy atom. The van der Waals surface area contributed by atoms with Crippen LogP contribution in [0.5, 0.6) is 5.75 Å². The van der Waals surface area contributed by atoms with Crippen LogP contribution >= 0.6 is 0 Å². The van der Waals surface area contributed by atoms with Gasteiger partial charge in [-0.2, -0.15) is 0 Å². The topological polar surface area (TPSA) is 75.0 Å². The SMILES string of the molecule is CCC(CC)N1CCN(/C(=N\C2C[C@@H]3C[C@H]([C@@H]2C)C3(C)C)Nc2ccc3c(=O)n(CCc4ccc(OC)cc4F)cnc3c2)CC1. The van der Waals surface area contributed by atoms with Crippen molar-refractivity contribution >= 4 is 22.5 Å². The Kier molecular flexibility index (Phi) is 9.42. The third-order valence-corrected chi connectivity index (χ3v) is 11.6. The van der Waals surface area contributed by atoms with Gasteiger partial charge in [-0.15, -0.1) is 0 Å². The van der Waals surface area contributed by atoms with E-state index in [0.717, 1.165) is 56.1 Å². The molecule has 46 heavy (non-hydrogen) atoms. The van der Waals surface area contributed by atoms with Gasteiger partial charge in [-0.25, -0.2) is 14.4 Å². The van der Waals surface area contributed by atoms with Gasteiger partial charge >= 0.3 is 0 Å². The van der Waals surface area contributed by atoms with E-state index in [4.69, 9.17) is 9.73 Å². The lowest BCUT2D eigenvalue weighted by Crippen LogP contribution is -2.57. The number of aryl methyl sites for hydroxylation is 2. The van der Waals surface area contributed by atoms with Gasteiger partial charge in [-0.05, 0) is 85.1 Å². The number of fused-ring (bicyclic) bond motifs is 3. The van der Waals surface area contributed by atoms with Crippen molar-refractivity contribution in [2.24, 2.45) is 28.2 Å². The number of ether oxygens (including phenoxy) is 1. The lowest BCUT2D eigenvalue weighted by Gasteiger charge is -2.61. The molecule has 3 saturated carbocycles. The number of nitrogens with zero attached hydrogens (tertiary/aromatic N) is 5. The second-order valence-electron chi connectivity index (χ2n) is 14.3. The summed E-state index contributed by atoms with van der Waals surface area (Å²) in [6.07, 6.45) is 6.78. The molecule has 3 aliphatic carbocycles. The number of methoxy groups -OCH3 is 1. The average Bonchev–Trinajstić information content (AvgIpc) is 3.06. The highest BCUT2D eigenvalue weighted by Crippen LogP contribution is 2.61. The van der Waals surface area contributed by atoms with Gasteiger partial charge in [0.25, 0.3) is 5.56 Å². The predicted octanol–water partition coefficient (Wildman–Crippen LogP) is 6.43. The second kappa shape index (κ2) is 13.3. The number of hydrogen-bond acceptors (Lipinski definition) is 5. The van der Waals surface area contributed by atoms with Crippen molar-refractivity contribution < 1.29 is 9.13 Å². The third kappa shape index (κ3) is 6.27. The molecule has 0 spiro atoms. The van der Waals surface area contributed by atoms with Crippen molar-refractivity contribution in [3.05, 3.63) is 64.5 Å². The lowest BCUT2D eigenvalue weighted by atomic mass is 9.45. The molecule has 3 aromatic rings. The minimum Gasteiger partial charge on any atom is -0.497 e. The van der Waals surface area contributed by atoms with E-state index < -0.39 is 0 Å². The molecule has 1 aliphatic heterocycles. The van der Waals surface area contributed by atoms with Gasteiger partial charge in [0.1, 0.15) is 11.6 Å². The van der Waals surface area contributed by atoms with E-state index in [2.05, 4.69) is 54.7 Å². The molecule has 0 radical (unpaired) electrons. The Morgan fingerprint density at radius 1 is 1.11 bits per heavy atom. The van der Waals surface area contributed by atoms with Gasteiger partial charge in [0, 0.05) is 50.5 Å². The van der Waals surface area contributed by atoms with Crippen LogP contribution in [0.4, 0.5) is 10.1 Å². The molecule has 4 aliphatic rings. The van der Waals surface area contributed by atoms with Gasteiger partial charge in [0.05, 0.1) is 30.4 Å². The lowest BCUT2D eigenvalue weighted by molar-refractivity contribution is -0.108. The van der Waals surface area contributed by atoms with Gasteiger partial charge in [-0.1, -0.05) is 40.7 Å². The summed E-state index contributed by atoms with van der Waals surface area (Å²) in [6.45, 7) is 16.1. The highest BCUT2D eigenvalue weighted by atomic mass is 19.1. The Bertz CT molecular complexity index is 1620. The Labute approximate surface area is 273 Å². The molecule has 9 heteroatoms. The number of rotatable bonds is 9. The molecule has 1 unspecified atom stereocenters. The molecule has 2 aromatic carbocycles. The molecule has 4 fully saturated rings. The standard InChI is InChI=1S/C37H51FN6O2/c1-7-28(8-2)42-15-17-43(18-16-42)36(41-33-20-26-19-31(24(33)3)37(26,4)5)40-27-10-12-30-34(21-27)39-23-44(35(30)45)14-13-25-9-11-29(46-6)22-32(25)38/h9-12,21-24,26,28,31,33H,7-8,13-20H2,1-6H3,(H,40,41)/t24-,26-,31+,33?/m0/s1. The van der Waals surface area contributed by atoms with Crippen molar-refractivity contribution in [3.8, 4) is 5.75 Å². The molecule has 2 heterocycles. The first kappa shape index (κ1) is 32.5. The molecule has 1 saturated heterocycles. The van der Waals surface area contributed by atoms with Crippen LogP contribution in [0.25, 0.3) is 10.9 Å². The van der Waals surface area contributed by atoms with E-state index in [1.165, 1.54) is 32.4 Å². The fraction of sp³-hybridized carbons (Fsp3) is 0.595. The first-order valence-corrected chi connectivity index (χ1v) is 17.3. The van der Waals surface area contributed by atoms with Crippen molar-refractivity contribution in [2.75, 3.05) is 38.6 Å². The first-order chi connectivity index (χ1) is 22.1. The molecule has 248 valence electrons. The number of guanidine groups is 1. The number of anilines is 1. The van der Waals surface area contributed by atoms with Crippen molar-refractivity contribution in [1.29, 1.82) is 0 Å². The Morgan fingerprint density at radius 2 is 1.87 bits per heavy atom. The number of hydrogen-bond donors (Lipinski definition) is 1. The van der Waals surface area contributed by atoms with Crippen molar-refractivity contribution in [3.63, 3.8) is 0 Å². The highest BCUT2D eigenvalue weighted by Gasteiger charge is 2.56. The van der Waals surface area contributed by atoms with Crippen LogP contribution in [0.2, 0.25) is 0 Å². The van der Waals surface area contributed by atoms with Crippen molar-refractivity contribution in [2.45, 2.75) is 85.4 Å². The molecule has 7 rings (SSSR count). The molecular weight excluding hydrogens is 579 g/mol. The summed E-state index contributed by atoms with van der Waals surface area (Å²) in [7, 11) is 1.51. The van der Waals surface area contributed by atoms with Crippen molar-refractivity contribution in [1.82, 2.24) is 19.4 Å². The van der Waals surface area contributed by atoms with Gasteiger partial charge in [0.15, 0.2) is 5.96 Å². The zero-order chi connectivity index (χ0) is 32.6. The molecule has 0 amide bonds. The number of aromatic nitrogens is 2. The van der Waals surface area contributed by atoms with Crippen LogP contribution < -0.4 is 15.6 Å². The van der Waals surface area contributed by atoms with E-state index in [9.17, 15) is 9.18 Å². The highest BCUT2D eigenvalue weighted by molar-refractivity contribution is 5.96. The monoisotopic (exact) mass is 630 g/mol. The molecule has 8 nitrogen and oxygen atoms in total. The maximum Gasteiger partial charge on any atom is 0.261 e. The Hall–Kier alpha value is -3.46. The molecule has 1 aromatic heterocycles. The van der Waals surface area contributed by atoms with E-state index in [1.54, 1.807) is 23.0 Å². The quantitative estimate of drug-likeness (QED) is 0.217. The van der Waals surface area contributed by atoms with E-state index in [0.29, 0.717) is 58.6 Å². The second-order valence-corrected chi connectivity index (χ2v) is 14.3. The number of benzene rings is 2. The minimum atomic E-state index is -0.338. The number of nitrogens with one attached hydrogen (secondary N) is 1. The van der Waals surface area contributed by atoms with Crippen LogP contribution in [0.3, 0.4) is 0 Å². The van der Waals surface area contributed by atoms with Crippen LogP contribution in [0.15, 0.2) is 52.5 Å². The van der Waals surface area contributed by atoms with Crippen LogP contribution in [0, 0.1) is 29.0 Å². The Balaban J connectivity index is 1.21. The number of halogens is 1. The van der Waals surface area contributed by atoms with E-state index in [1.807, 2.05) is 18.2 Å². The third-order valence-electron chi connectivity index (χ3n) is 11.6. The molecule has 4 atom stereocenters. The van der Waals surface area contributed by atoms with Gasteiger partial charge < -0.3 is 15.0 Å². The summed E-state index contributed by atoms with van der Waals surface area (Å²) in [6, 6.07) is 11.5. The van der Waals surface area contributed by atoms with Gasteiger partial charge in [-0.3, -0.25) is 14.3 Å². The summed E-state index contributed by atoms with van der Waals surface area (Å²) >= 11 is 0. The van der Waals surface area contributed by atoms with Crippen LogP contribution in [-0.4, -0.2) is 70.7 Å². The maximum absolute atomic E-state index is 14.5. The fourth-order valence-corrected chi connectivity index (χ4v) is 8.37. The van der Waals surface area contributed by atoms with E-state index in [-0.39, 0.29) is 11.4 Å². The van der Waals surface area contributed by atoms with Crippen LogP contribution in [-0.2, 0) is 13.0 Å².